The van der Waals surface area contributed by atoms with Gasteiger partial charge in [0, 0.05) is 11.1 Å². The second kappa shape index (κ2) is 13.0. The fraction of sp³-hybridized carbons (Fsp3) is 0.484. The van der Waals surface area contributed by atoms with Crippen molar-refractivity contribution in [1.29, 1.82) is 0 Å². The Morgan fingerprint density at radius 2 is 1.80 bits per heavy atom. The Bertz CT molecular complexity index is 1300. The lowest BCUT2D eigenvalue weighted by Crippen LogP contribution is -2.45. The highest BCUT2D eigenvalue weighted by molar-refractivity contribution is 5.83. The van der Waals surface area contributed by atoms with Gasteiger partial charge in [-0.25, -0.2) is 8.78 Å². The van der Waals surface area contributed by atoms with Gasteiger partial charge in [0.25, 0.3) is 0 Å². The number of hydrogen-bond donors (Lipinski definition) is 2. The van der Waals surface area contributed by atoms with Crippen molar-refractivity contribution in [2.45, 2.75) is 84.5 Å². The van der Waals surface area contributed by atoms with E-state index in [-0.39, 0.29) is 30.4 Å². The average molecular weight is 581 g/mol. The maximum Gasteiger partial charge on any atom is 0.419 e. The molecule has 0 aliphatic heterocycles. The summed E-state index contributed by atoms with van der Waals surface area (Å²) < 4.78 is 79.7. The third kappa shape index (κ3) is 7.45. The Morgan fingerprint density at radius 1 is 1.15 bits per heavy atom. The van der Waals surface area contributed by atoms with Crippen LogP contribution in [-0.4, -0.2) is 24.5 Å². The molecule has 0 aromatic heterocycles. The molecular weight excluding hydrogens is 543 g/mol. The molecule has 10 heteroatoms. The number of esters is 1. The number of rotatable bonds is 12. The van der Waals surface area contributed by atoms with Crippen LogP contribution in [0.3, 0.4) is 0 Å². The monoisotopic (exact) mass is 580 g/mol. The number of amides is 1. The van der Waals surface area contributed by atoms with E-state index < -0.39 is 64.9 Å². The summed E-state index contributed by atoms with van der Waals surface area (Å²) in [6.07, 6.45) is -2.57. The molecule has 1 aliphatic rings. The van der Waals surface area contributed by atoms with E-state index in [1.165, 1.54) is 13.1 Å². The van der Waals surface area contributed by atoms with Gasteiger partial charge in [0.05, 0.1) is 24.6 Å². The summed E-state index contributed by atoms with van der Waals surface area (Å²) in [5.74, 6) is -4.62. The van der Waals surface area contributed by atoms with Gasteiger partial charge in [0.2, 0.25) is 5.91 Å². The van der Waals surface area contributed by atoms with E-state index in [2.05, 4.69) is 17.2 Å². The lowest BCUT2D eigenvalue weighted by Gasteiger charge is -2.26. The van der Waals surface area contributed by atoms with Gasteiger partial charge in [0.1, 0.15) is 17.7 Å². The van der Waals surface area contributed by atoms with Gasteiger partial charge in [-0.15, -0.1) is 0 Å². The molecule has 0 spiro atoms. The molecule has 2 aromatic carbocycles. The average Bonchev–Trinajstić information content (AvgIpc) is 3.69. The molecule has 224 valence electrons. The van der Waals surface area contributed by atoms with Crippen molar-refractivity contribution in [2.24, 2.45) is 5.92 Å². The molecule has 1 fully saturated rings. The Hall–Kier alpha value is -3.43. The van der Waals surface area contributed by atoms with E-state index in [1.54, 1.807) is 19.9 Å². The molecule has 5 nitrogen and oxygen atoms in total. The number of carbonyl (C=O) groups excluding carboxylic acids is 2. The zero-order valence-electron chi connectivity index (χ0n) is 24.0. The first kappa shape index (κ1) is 32.1. The summed E-state index contributed by atoms with van der Waals surface area (Å²) in [6, 6.07) is 1.37. The predicted octanol–water partition coefficient (Wildman–Crippen LogP) is 7.40. The summed E-state index contributed by atoms with van der Waals surface area (Å²) in [7, 11) is 0. The van der Waals surface area contributed by atoms with Crippen molar-refractivity contribution in [2.75, 3.05) is 6.61 Å². The third-order valence-corrected chi connectivity index (χ3v) is 7.23. The highest BCUT2D eigenvalue weighted by Crippen LogP contribution is 2.46. The van der Waals surface area contributed by atoms with Gasteiger partial charge in [-0.3, -0.25) is 9.59 Å². The van der Waals surface area contributed by atoms with Gasteiger partial charge in [-0.2, -0.15) is 13.2 Å². The molecule has 0 bridgehead atoms. The number of alkyl halides is 3. The quantitative estimate of drug-likeness (QED) is 0.203. The van der Waals surface area contributed by atoms with E-state index in [0.29, 0.717) is 17.2 Å². The Morgan fingerprint density at radius 3 is 2.34 bits per heavy atom. The fourth-order valence-electron chi connectivity index (χ4n) is 5.21. The number of nitrogens with one attached hydrogen (secondary N) is 2. The van der Waals surface area contributed by atoms with Gasteiger partial charge in [-0.05, 0) is 86.4 Å². The maximum atomic E-state index is 16.4. The summed E-state index contributed by atoms with van der Waals surface area (Å²) in [5.41, 5.74) is -0.944. The molecule has 1 amide bonds. The molecule has 1 saturated carbocycles. The van der Waals surface area contributed by atoms with Crippen molar-refractivity contribution < 1.29 is 36.3 Å². The van der Waals surface area contributed by atoms with Crippen LogP contribution in [-0.2, 0) is 20.5 Å². The van der Waals surface area contributed by atoms with Crippen molar-refractivity contribution >= 4 is 11.9 Å². The summed E-state index contributed by atoms with van der Waals surface area (Å²) in [6.45, 7) is 12.0. The number of benzene rings is 2. The summed E-state index contributed by atoms with van der Waals surface area (Å²) >= 11 is 0. The minimum atomic E-state index is -5.18. The molecular formula is C31H37F5N2O3. The predicted molar refractivity (Wildman–Crippen MR) is 147 cm³/mol. The SMILES string of the molecule is C=CNC(CC(C)C)C(=O)N[C@@H](CC(=O)OCC)c1c(F)c(-c2c(C)ccc(C3CC3)c2C)cc(C(F)(F)F)c1F. The second-order valence-corrected chi connectivity index (χ2v) is 10.9. The van der Waals surface area contributed by atoms with Crippen LogP contribution >= 0.6 is 0 Å². The second-order valence-electron chi connectivity index (χ2n) is 10.9. The molecule has 2 N–H and O–H groups in total. The molecule has 0 saturated heterocycles. The van der Waals surface area contributed by atoms with E-state index in [4.69, 9.17) is 4.74 Å². The number of carbonyl (C=O) groups is 2. The van der Waals surface area contributed by atoms with Crippen LogP contribution in [0.25, 0.3) is 11.1 Å². The molecule has 2 aromatic rings. The Balaban J connectivity index is 2.27. The standard InChI is InChI=1S/C31H37F5N2O3/c1-7-37-24(13-16(3)4)30(40)38-23(15-25(39)41-8-2)27-28(32)21(14-22(29(27)33)31(34,35)36)26-17(5)9-12-20(18(26)6)19-10-11-19/h7,9,12,14,16,19,23-24,37H,1,8,10-11,13,15H2,2-6H3,(H,38,40)/t23-,24?/m0/s1. The first-order valence-electron chi connectivity index (χ1n) is 13.7. The van der Waals surface area contributed by atoms with Crippen LogP contribution in [0.1, 0.15) is 86.2 Å². The normalized spacial score (nSPS) is 14.9. The van der Waals surface area contributed by atoms with Crippen LogP contribution in [0.4, 0.5) is 22.0 Å². The lowest BCUT2D eigenvalue weighted by molar-refractivity contribution is -0.144. The van der Waals surface area contributed by atoms with Crippen molar-refractivity contribution in [3.05, 3.63) is 70.4 Å². The highest BCUT2D eigenvalue weighted by Gasteiger charge is 2.40. The minimum absolute atomic E-state index is 0.0139. The fourth-order valence-corrected chi connectivity index (χ4v) is 5.21. The van der Waals surface area contributed by atoms with Crippen molar-refractivity contribution in [1.82, 2.24) is 10.6 Å². The van der Waals surface area contributed by atoms with E-state index >= 15 is 8.78 Å². The van der Waals surface area contributed by atoms with E-state index in [9.17, 15) is 22.8 Å². The number of hydrogen-bond acceptors (Lipinski definition) is 4. The molecule has 3 rings (SSSR count). The molecule has 2 atom stereocenters. The first-order chi connectivity index (χ1) is 19.2. The van der Waals surface area contributed by atoms with Crippen LogP contribution < -0.4 is 10.6 Å². The number of aryl methyl sites for hydroxylation is 1. The van der Waals surface area contributed by atoms with Crippen LogP contribution in [0.2, 0.25) is 0 Å². The van der Waals surface area contributed by atoms with Gasteiger partial charge in [-0.1, -0.05) is 32.6 Å². The summed E-state index contributed by atoms with van der Waals surface area (Å²) in [5, 5.41) is 5.18. The van der Waals surface area contributed by atoms with Crippen LogP contribution in [0.15, 0.2) is 31.0 Å². The largest absolute Gasteiger partial charge is 0.466 e. The van der Waals surface area contributed by atoms with Crippen LogP contribution in [0, 0.1) is 31.4 Å². The third-order valence-electron chi connectivity index (χ3n) is 7.23. The zero-order valence-corrected chi connectivity index (χ0v) is 24.0. The van der Waals surface area contributed by atoms with E-state index in [0.717, 1.165) is 18.4 Å². The van der Waals surface area contributed by atoms with Gasteiger partial charge < -0.3 is 15.4 Å². The molecule has 0 radical (unpaired) electrons. The molecule has 1 aliphatic carbocycles. The van der Waals surface area contributed by atoms with Gasteiger partial charge >= 0.3 is 12.1 Å². The number of halogens is 5. The maximum absolute atomic E-state index is 16.4. The van der Waals surface area contributed by atoms with Crippen molar-refractivity contribution in [3.8, 4) is 11.1 Å². The summed E-state index contributed by atoms with van der Waals surface area (Å²) in [4.78, 5) is 25.7. The van der Waals surface area contributed by atoms with Gasteiger partial charge in [0.15, 0.2) is 0 Å². The smallest absolute Gasteiger partial charge is 0.419 e. The van der Waals surface area contributed by atoms with E-state index in [1.807, 2.05) is 19.9 Å². The molecule has 41 heavy (non-hydrogen) atoms. The minimum Gasteiger partial charge on any atom is -0.466 e. The lowest BCUT2D eigenvalue weighted by atomic mass is 9.86. The highest BCUT2D eigenvalue weighted by atomic mass is 19.4. The van der Waals surface area contributed by atoms with Crippen molar-refractivity contribution in [3.63, 3.8) is 0 Å². The topological polar surface area (TPSA) is 67.4 Å². The first-order valence-corrected chi connectivity index (χ1v) is 13.7. The van der Waals surface area contributed by atoms with Crippen LogP contribution in [0.5, 0.6) is 0 Å². The number of ether oxygens (including phenoxy) is 1. The Kier molecular flexibility index (Phi) is 10.2. The zero-order chi connectivity index (χ0) is 30.6. The molecule has 0 heterocycles. The Labute approximate surface area is 237 Å². The molecule has 1 unspecified atom stereocenters.